The van der Waals surface area contributed by atoms with Gasteiger partial charge in [-0.1, -0.05) is 17.7 Å². The molecule has 0 bridgehead atoms. The number of anilines is 1. The molecule has 0 saturated carbocycles. The predicted molar refractivity (Wildman–Crippen MR) is 78.1 cm³/mol. The minimum Gasteiger partial charge on any atom is -0.339 e. The molecule has 1 saturated heterocycles. The van der Waals surface area contributed by atoms with Crippen LogP contribution in [0.25, 0.3) is 0 Å². The Hall–Kier alpha value is -2.88. The molecule has 0 radical (unpaired) electrons. The Balaban J connectivity index is 2.40. The number of hydrogen-bond acceptors (Lipinski definition) is 3. The Bertz CT molecular complexity index is 630. The van der Waals surface area contributed by atoms with Gasteiger partial charge in [0.25, 0.3) is 0 Å². The predicted octanol–water partition coefficient (Wildman–Crippen LogP) is 1.50. The number of hydrogen-bond donors (Lipinski definition) is 1. The number of aliphatic imine (C=N–C) groups is 1. The first-order chi connectivity index (χ1) is 10.1. The first kappa shape index (κ1) is 14.5. The summed E-state index contributed by atoms with van der Waals surface area (Å²) >= 11 is 0. The monoisotopic (exact) mass is 285 g/mol. The van der Waals surface area contributed by atoms with Crippen LogP contribution in [0.1, 0.15) is 5.56 Å². The van der Waals surface area contributed by atoms with E-state index in [-0.39, 0.29) is 19.1 Å². The molecule has 0 unspecified atom stereocenters. The molecule has 0 aliphatic carbocycles. The third kappa shape index (κ3) is 3.00. The molecular weight excluding hydrogens is 270 g/mol. The molecule has 2 rings (SSSR count). The van der Waals surface area contributed by atoms with Crippen LogP contribution in [0.3, 0.4) is 0 Å². The molecule has 1 N–H and O–H groups in total. The molecule has 1 aromatic carbocycles. The average molecular weight is 285 g/mol. The minimum atomic E-state index is -0.534. The van der Waals surface area contributed by atoms with Crippen molar-refractivity contribution < 1.29 is 9.59 Å². The van der Waals surface area contributed by atoms with E-state index in [1.807, 2.05) is 25.1 Å². The van der Waals surface area contributed by atoms with Crippen molar-refractivity contribution in [3.8, 4) is 6.07 Å². The van der Waals surface area contributed by atoms with Crippen molar-refractivity contribution >= 4 is 23.6 Å². The highest BCUT2D eigenvalue weighted by Gasteiger charge is 2.35. The summed E-state index contributed by atoms with van der Waals surface area (Å²) in [5, 5.41) is 11.2. The number of urea groups is 2. The molecule has 1 heterocycles. The molecule has 7 nitrogen and oxygen atoms in total. The molecule has 0 aromatic heterocycles. The van der Waals surface area contributed by atoms with Crippen LogP contribution in [0.2, 0.25) is 0 Å². The Kier molecular flexibility index (Phi) is 4.18. The van der Waals surface area contributed by atoms with Crippen LogP contribution < -0.4 is 10.2 Å². The van der Waals surface area contributed by atoms with Gasteiger partial charge in [0.1, 0.15) is 12.4 Å². The number of nitrogens with zero attached hydrogens (tertiary/aromatic N) is 4. The third-order valence-electron chi connectivity index (χ3n) is 3.05. The van der Waals surface area contributed by atoms with E-state index in [2.05, 4.69) is 10.3 Å². The number of carbonyl (C=O) groups is 2. The highest BCUT2D eigenvalue weighted by molar-refractivity contribution is 6.23. The molecule has 0 spiro atoms. The standard InChI is InChI=1S/C14H15N5O2/c1-10-3-5-11(6-4-10)19-12(17-13(20)16-2)9-18(8-7-15)14(19)21/h3-6H,8-9H2,1-2H3,(H,16,20)/b17-12+. The van der Waals surface area contributed by atoms with Gasteiger partial charge in [-0.2, -0.15) is 10.3 Å². The van der Waals surface area contributed by atoms with Gasteiger partial charge in [-0.3, -0.25) is 0 Å². The Morgan fingerprint density at radius 3 is 2.67 bits per heavy atom. The Morgan fingerprint density at radius 1 is 1.43 bits per heavy atom. The van der Waals surface area contributed by atoms with Crippen molar-refractivity contribution in [2.75, 3.05) is 25.0 Å². The summed E-state index contributed by atoms with van der Waals surface area (Å²) in [5.41, 5.74) is 1.68. The zero-order chi connectivity index (χ0) is 15.4. The smallest absolute Gasteiger partial charge is 0.339 e. The molecule has 1 fully saturated rings. The van der Waals surface area contributed by atoms with Gasteiger partial charge >= 0.3 is 12.1 Å². The first-order valence-electron chi connectivity index (χ1n) is 6.38. The Labute approximate surface area is 122 Å². The summed E-state index contributed by atoms with van der Waals surface area (Å²) in [4.78, 5) is 30.4. The largest absolute Gasteiger partial charge is 0.342 e. The Morgan fingerprint density at radius 2 is 2.10 bits per heavy atom. The zero-order valence-corrected chi connectivity index (χ0v) is 11.8. The van der Waals surface area contributed by atoms with Crippen LogP contribution >= 0.6 is 0 Å². The molecular formula is C14H15N5O2. The average Bonchev–Trinajstić information content (AvgIpc) is 2.77. The van der Waals surface area contributed by atoms with Crippen molar-refractivity contribution in [1.82, 2.24) is 10.2 Å². The topological polar surface area (TPSA) is 88.8 Å². The van der Waals surface area contributed by atoms with Crippen molar-refractivity contribution in [3.63, 3.8) is 0 Å². The van der Waals surface area contributed by atoms with Gasteiger partial charge in [-0.05, 0) is 19.1 Å². The second-order valence-corrected chi connectivity index (χ2v) is 4.55. The van der Waals surface area contributed by atoms with Gasteiger partial charge in [0.2, 0.25) is 0 Å². The highest BCUT2D eigenvalue weighted by Crippen LogP contribution is 2.22. The van der Waals surface area contributed by atoms with Gasteiger partial charge in [-0.25, -0.2) is 14.5 Å². The van der Waals surface area contributed by atoms with E-state index in [9.17, 15) is 9.59 Å². The number of amides is 4. The number of amidine groups is 1. The van der Waals surface area contributed by atoms with Crippen LogP contribution in [0.4, 0.5) is 15.3 Å². The maximum Gasteiger partial charge on any atom is 0.342 e. The van der Waals surface area contributed by atoms with Crippen LogP contribution in [0.15, 0.2) is 29.3 Å². The van der Waals surface area contributed by atoms with Gasteiger partial charge in [-0.15, -0.1) is 0 Å². The van der Waals surface area contributed by atoms with Crippen LogP contribution in [0.5, 0.6) is 0 Å². The summed E-state index contributed by atoms with van der Waals surface area (Å²) in [5.74, 6) is 0.304. The fraction of sp³-hybridized carbons (Fsp3) is 0.286. The molecule has 1 aliphatic rings. The van der Waals surface area contributed by atoms with E-state index in [0.29, 0.717) is 11.5 Å². The maximum absolute atomic E-state index is 12.3. The van der Waals surface area contributed by atoms with Crippen molar-refractivity contribution in [2.24, 2.45) is 4.99 Å². The van der Waals surface area contributed by atoms with Crippen molar-refractivity contribution in [3.05, 3.63) is 29.8 Å². The number of aryl methyl sites for hydroxylation is 1. The molecule has 1 aliphatic heterocycles. The van der Waals surface area contributed by atoms with Gasteiger partial charge < -0.3 is 10.2 Å². The van der Waals surface area contributed by atoms with Crippen LogP contribution in [-0.2, 0) is 0 Å². The SMILES string of the molecule is CNC(=O)/N=C1\CN(CC#N)C(=O)N1c1ccc(C)cc1. The molecule has 1 aromatic rings. The fourth-order valence-electron chi connectivity index (χ4n) is 1.98. The number of rotatable bonds is 2. The van der Waals surface area contributed by atoms with Crippen LogP contribution in [0, 0.1) is 18.3 Å². The normalized spacial score (nSPS) is 16.2. The summed E-state index contributed by atoms with van der Waals surface area (Å²) < 4.78 is 0. The van der Waals surface area contributed by atoms with Gasteiger partial charge in [0.05, 0.1) is 18.3 Å². The molecule has 0 atom stereocenters. The van der Waals surface area contributed by atoms with Crippen molar-refractivity contribution in [1.29, 1.82) is 5.26 Å². The molecule has 21 heavy (non-hydrogen) atoms. The van der Waals surface area contributed by atoms with Gasteiger partial charge in [0, 0.05) is 7.05 Å². The second-order valence-electron chi connectivity index (χ2n) is 4.55. The number of carbonyl (C=O) groups excluding carboxylic acids is 2. The van der Waals surface area contributed by atoms with E-state index in [4.69, 9.17) is 5.26 Å². The summed E-state index contributed by atoms with van der Waals surface area (Å²) in [6.07, 6.45) is 0. The van der Waals surface area contributed by atoms with E-state index < -0.39 is 6.03 Å². The summed E-state index contributed by atoms with van der Waals surface area (Å²) in [6.45, 7) is 2.03. The molecule has 7 heteroatoms. The van der Waals surface area contributed by atoms with E-state index in [1.165, 1.54) is 16.8 Å². The van der Waals surface area contributed by atoms with Crippen LogP contribution in [-0.4, -0.2) is 42.9 Å². The van der Waals surface area contributed by atoms with E-state index in [1.54, 1.807) is 12.1 Å². The first-order valence-corrected chi connectivity index (χ1v) is 6.38. The number of benzene rings is 1. The summed E-state index contributed by atoms with van der Waals surface area (Å²) in [7, 11) is 1.46. The lowest BCUT2D eigenvalue weighted by Gasteiger charge is -2.16. The quantitative estimate of drug-likeness (QED) is 0.835. The number of nitriles is 1. The second kappa shape index (κ2) is 6.05. The number of nitrogens with one attached hydrogen (secondary N) is 1. The minimum absolute atomic E-state index is 0.0477. The molecule has 4 amide bonds. The summed E-state index contributed by atoms with van der Waals surface area (Å²) in [6, 6.07) is 8.34. The zero-order valence-electron chi connectivity index (χ0n) is 11.8. The maximum atomic E-state index is 12.3. The van der Waals surface area contributed by atoms with E-state index >= 15 is 0 Å². The highest BCUT2D eigenvalue weighted by atomic mass is 16.2. The lowest BCUT2D eigenvalue weighted by Crippen LogP contribution is -2.33. The fourth-order valence-corrected chi connectivity index (χ4v) is 1.98. The molecule has 108 valence electrons. The lowest BCUT2D eigenvalue weighted by atomic mass is 10.2. The lowest BCUT2D eigenvalue weighted by molar-refractivity contribution is 0.225. The van der Waals surface area contributed by atoms with Crippen molar-refractivity contribution in [2.45, 2.75) is 6.92 Å². The van der Waals surface area contributed by atoms with E-state index in [0.717, 1.165) is 5.56 Å². The van der Waals surface area contributed by atoms with Gasteiger partial charge in [0.15, 0.2) is 0 Å². The third-order valence-corrected chi connectivity index (χ3v) is 3.05.